The molecule has 4 atom stereocenters. The third-order valence-corrected chi connectivity index (χ3v) is 7.06. The molecule has 34 heavy (non-hydrogen) atoms. The molecule has 1 heterocycles. The lowest BCUT2D eigenvalue weighted by Crippen LogP contribution is -2.33. The molecule has 2 aliphatic carbocycles. The predicted molar refractivity (Wildman–Crippen MR) is 126 cm³/mol. The van der Waals surface area contributed by atoms with Gasteiger partial charge in [-0.25, -0.2) is 9.69 Å². The van der Waals surface area contributed by atoms with Gasteiger partial charge in [0.25, 0.3) is 5.91 Å². The van der Waals surface area contributed by atoms with Crippen LogP contribution in [0.2, 0.25) is 0 Å². The Bertz CT molecular complexity index is 1240. The van der Waals surface area contributed by atoms with E-state index in [2.05, 4.69) is 11.4 Å². The van der Waals surface area contributed by atoms with E-state index < -0.39 is 18.5 Å². The number of imide groups is 1. The molecule has 3 aliphatic rings. The summed E-state index contributed by atoms with van der Waals surface area (Å²) in [5.74, 6) is -1.95. The number of hydrogen-bond acceptors (Lipinski definition) is 5. The number of rotatable bonds is 5. The van der Waals surface area contributed by atoms with Crippen molar-refractivity contribution >= 4 is 35.1 Å². The normalized spacial score (nSPS) is 24.8. The Labute approximate surface area is 197 Å². The third kappa shape index (κ3) is 3.71. The van der Waals surface area contributed by atoms with Crippen LogP contribution in [0.5, 0.6) is 0 Å². The molecule has 1 saturated heterocycles. The summed E-state index contributed by atoms with van der Waals surface area (Å²) >= 11 is 0. The number of anilines is 2. The molecule has 0 spiro atoms. The third-order valence-electron chi connectivity index (χ3n) is 7.06. The minimum absolute atomic E-state index is 0.111. The lowest BCUT2D eigenvalue weighted by atomic mass is 9.82. The number of hydrogen-bond donors (Lipinski definition) is 1. The summed E-state index contributed by atoms with van der Waals surface area (Å²) in [6.07, 6.45) is 2.99. The number of ether oxygens (including phenoxy) is 1. The van der Waals surface area contributed by atoms with Crippen LogP contribution in [0.1, 0.15) is 34.8 Å². The molecular formula is C27H26N2O5. The molecule has 7 heteroatoms. The van der Waals surface area contributed by atoms with Gasteiger partial charge in [-0.15, -0.1) is 0 Å². The molecule has 1 N–H and O–H groups in total. The van der Waals surface area contributed by atoms with Gasteiger partial charge >= 0.3 is 5.97 Å². The summed E-state index contributed by atoms with van der Waals surface area (Å²) in [4.78, 5) is 52.3. The minimum atomic E-state index is -0.700. The minimum Gasteiger partial charge on any atom is -0.452 e. The van der Waals surface area contributed by atoms with Crippen LogP contribution in [-0.4, -0.2) is 30.3 Å². The first kappa shape index (κ1) is 22.1. The average molecular weight is 459 g/mol. The molecule has 0 radical (unpaired) electrons. The van der Waals surface area contributed by atoms with E-state index in [9.17, 15) is 19.2 Å². The Morgan fingerprint density at radius 3 is 2.44 bits per heavy atom. The number of carbonyl (C=O) groups excluding carboxylic acids is 4. The van der Waals surface area contributed by atoms with Gasteiger partial charge in [-0.1, -0.05) is 23.8 Å². The van der Waals surface area contributed by atoms with Gasteiger partial charge in [-0.2, -0.15) is 0 Å². The number of nitrogens with one attached hydrogen (secondary N) is 1. The molecule has 3 amide bonds. The second-order valence-corrected chi connectivity index (χ2v) is 9.53. The molecule has 2 aromatic carbocycles. The highest BCUT2D eigenvalue weighted by atomic mass is 16.5. The molecule has 174 valence electrons. The molecule has 7 nitrogen and oxygen atoms in total. The van der Waals surface area contributed by atoms with Crippen molar-refractivity contribution in [2.24, 2.45) is 23.7 Å². The number of nitrogens with zero attached hydrogens (tertiary/aromatic N) is 1. The van der Waals surface area contributed by atoms with Gasteiger partial charge in [0.05, 0.1) is 23.1 Å². The van der Waals surface area contributed by atoms with Crippen molar-refractivity contribution in [3.63, 3.8) is 0 Å². The zero-order chi connectivity index (χ0) is 24.1. The van der Waals surface area contributed by atoms with E-state index in [0.717, 1.165) is 17.5 Å². The number of fused-ring (bicyclic) bond motifs is 5. The molecule has 1 saturated carbocycles. The summed E-state index contributed by atoms with van der Waals surface area (Å²) < 4.78 is 5.18. The van der Waals surface area contributed by atoms with Crippen molar-refractivity contribution in [1.82, 2.24) is 0 Å². The van der Waals surface area contributed by atoms with Crippen LogP contribution in [0.25, 0.3) is 0 Å². The second-order valence-electron chi connectivity index (χ2n) is 9.53. The van der Waals surface area contributed by atoms with Crippen LogP contribution in [-0.2, 0) is 19.1 Å². The van der Waals surface area contributed by atoms with Crippen LogP contribution in [0, 0.1) is 37.5 Å². The molecule has 0 aromatic heterocycles. The number of aryl methyl sites for hydroxylation is 2. The van der Waals surface area contributed by atoms with E-state index in [0.29, 0.717) is 11.4 Å². The number of benzene rings is 2. The standard InChI is InChI=1S/C27H26N2O5/c1-14-7-15(2)9-19(8-14)28-22(30)13-34-27(33)17-5-4-6-20(11-17)29-25(31)23-18-10-16(3)21(12-18)24(23)26(29)32/h4-11,18,21,23-24H,12-13H2,1-3H3,(H,28,30)/t18-,21+,23-,24+/m0/s1. The molecule has 2 fully saturated rings. The molecular weight excluding hydrogens is 432 g/mol. The van der Waals surface area contributed by atoms with Gasteiger partial charge in [0, 0.05) is 5.69 Å². The van der Waals surface area contributed by atoms with E-state index in [-0.39, 0.29) is 41.0 Å². The van der Waals surface area contributed by atoms with Crippen molar-refractivity contribution in [1.29, 1.82) is 0 Å². The SMILES string of the molecule is CC1=C[C@H]2C[C@H]1[C@H]1C(=O)N(c3cccc(C(=O)OCC(=O)Nc4cc(C)cc(C)c4)c3)C(=O)[C@H]12. The first-order valence-corrected chi connectivity index (χ1v) is 11.4. The number of carbonyl (C=O) groups is 4. The maximum Gasteiger partial charge on any atom is 0.338 e. The zero-order valence-corrected chi connectivity index (χ0v) is 19.3. The zero-order valence-electron chi connectivity index (χ0n) is 19.3. The van der Waals surface area contributed by atoms with E-state index in [4.69, 9.17) is 4.74 Å². The summed E-state index contributed by atoms with van der Waals surface area (Å²) in [5.41, 5.74) is 4.38. The first-order chi connectivity index (χ1) is 16.2. The summed E-state index contributed by atoms with van der Waals surface area (Å²) in [6, 6.07) is 11.9. The maximum atomic E-state index is 13.2. The average Bonchev–Trinajstić information content (AvgIpc) is 3.41. The fourth-order valence-corrected chi connectivity index (χ4v) is 5.76. The molecule has 1 aliphatic heterocycles. The Balaban J connectivity index is 1.25. The Hall–Kier alpha value is -3.74. The van der Waals surface area contributed by atoms with Gasteiger partial charge in [-0.3, -0.25) is 14.4 Å². The van der Waals surface area contributed by atoms with Crippen LogP contribution in [0.3, 0.4) is 0 Å². The van der Waals surface area contributed by atoms with Crippen molar-refractivity contribution in [2.45, 2.75) is 27.2 Å². The highest BCUT2D eigenvalue weighted by molar-refractivity contribution is 6.23. The highest BCUT2D eigenvalue weighted by Gasteiger charge is 2.60. The van der Waals surface area contributed by atoms with Crippen LogP contribution in [0.4, 0.5) is 11.4 Å². The summed E-state index contributed by atoms with van der Waals surface area (Å²) in [7, 11) is 0. The lowest BCUT2D eigenvalue weighted by molar-refractivity contribution is -0.123. The summed E-state index contributed by atoms with van der Waals surface area (Å²) in [6.45, 7) is 5.44. The van der Waals surface area contributed by atoms with Crippen molar-refractivity contribution in [3.8, 4) is 0 Å². The molecule has 0 unspecified atom stereocenters. The smallest absolute Gasteiger partial charge is 0.338 e. The summed E-state index contributed by atoms with van der Waals surface area (Å²) in [5, 5.41) is 2.72. The monoisotopic (exact) mass is 458 g/mol. The van der Waals surface area contributed by atoms with E-state index >= 15 is 0 Å². The molecule has 5 rings (SSSR count). The van der Waals surface area contributed by atoms with Gasteiger partial charge in [0.2, 0.25) is 11.8 Å². The second kappa shape index (κ2) is 8.24. The van der Waals surface area contributed by atoms with E-state index in [1.165, 1.54) is 22.6 Å². The number of allylic oxidation sites excluding steroid dienone is 2. The topological polar surface area (TPSA) is 92.8 Å². The van der Waals surface area contributed by atoms with Crippen LogP contribution < -0.4 is 10.2 Å². The first-order valence-electron chi connectivity index (χ1n) is 11.4. The van der Waals surface area contributed by atoms with Gasteiger partial charge in [0.1, 0.15) is 0 Å². The molecule has 2 aromatic rings. The predicted octanol–water partition coefficient (Wildman–Crippen LogP) is 3.80. The van der Waals surface area contributed by atoms with Gasteiger partial charge in [0.15, 0.2) is 6.61 Å². The van der Waals surface area contributed by atoms with E-state index in [1.54, 1.807) is 12.1 Å². The highest BCUT2D eigenvalue weighted by Crippen LogP contribution is 2.55. The van der Waals surface area contributed by atoms with Crippen molar-refractivity contribution in [2.75, 3.05) is 16.8 Å². The Morgan fingerprint density at radius 1 is 1.00 bits per heavy atom. The fraction of sp³-hybridized carbons (Fsp3) is 0.333. The number of amides is 3. The van der Waals surface area contributed by atoms with Gasteiger partial charge in [-0.05, 0) is 80.5 Å². The fourth-order valence-electron chi connectivity index (χ4n) is 5.76. The largest absolute Gasteiger partial charge is 0.452 e. The quantitative estimate of drug-likeness (QED) is 0.418. The van der Waals surface area contributed by atoms with E-state index in [1.807, 2.05) is 39.0 Å². The molecule has 2 bridgehead atoms. The van der Waals surface area contributed by atoms with Crippen molar-refractivity contribution in [3.05, 3.63) is 70.8 Å². The Kier molecular flexibility index (Phi) is 5.35. The van der Waals surface area contributed by atoms with Crippen molar-refractivity contribution < 1.29 is 23.9 Å². The lowest BCUT2D eigenvalue weighted by Gasteiger charge is -2.19. The van der Waals surface area contributed by atoms with Crippen LogP contribution in [0.15, 0.2) is 54.1 Å². The van der Waals surface area contributed by atoms with Crippen LogP contribution >= 0.6 is 0 Å². The maximum absolute atomic E-state index is 13.2. The number of esters is 1. The Morgan fingerprint density at radius 2 is 1.71 bits per heavy atom. The van der Waals surface area contributed by atoms with Gasteiger partial charge < -0.3 is 10.1 Å².